The molecule has 6 heteroatoms. The summed E-state index contributed by atoms with van der Waals surface area (Å²) in [5, 5.41) is 14.7. The Kier molecular flexibility index (Phi) is 5.11. The van der Waals surface area contributed by atoms with Gasteiger partial charge in [0.05, 0.1) is 22.0 Å². The number of alkyl halides is 2. The molecule has 114 valence electrons. The molecule has 0 spiro atoms. The Morgan fingerprint density at radius 3 is 2.33 bits per heavy atom. The molecule has 0 fully saturated rings. The first kappa shape index (κ1) is 16.1. The van der Waals surface area contributed by atoms with E-state index in [0.717, 1.165) is 15.9 Å². The van der Waals surface area contributed by atoms with E-state index in [2.05, 4.69) is 21.0 Å². The molecule has 2 rings (SSSR count). The van der Waals surface area contributed by atoms with Crippen molar-refractivity contribution in [1.29, 1.82) is 0 Å². The molecule has 0 saturated heterocycles. The molecule has 0 radical (unpaired) electrons. The molecule has 0 bridgehead atoms. The molecule has 0 saturated carbocycles. The van der Waals surface area contributed by atoms with Crippen molar-refractivity contribution in [2.24, 2.45) is 0 Å². The van der Waals surface area contributed by atoms with Crippen LogP contribution in [0.15, 0.2) is 28.7 Å². The Labute approximate surface area is 130 Å². The van der Waals surface area contributed by atoms with Crippen molar-refractivity contribution in [3.05, 3.63) is 51.3 Å². The Morgan fingerprint density at radius 2 is 1.81 bits per heavy atom. The summed E-state index contributed by atoms with van der Waals surface area (Å²) in [5.41, 5.74) is 2.35. The van der Waals surface area contributed by atoms with E-state index >= 15 is 0 Å². The molecule has 21 heavy (non-hydrogen) atoms. The predicted molar refractivity (Wildman–Crippen MR) is 80.4 cm³/mol. The lowest BCUT2D eigenvalue weighted by molar-refractivity contribution is 0.150. The van der Waals surface area contributed by atoms with Crippen LogP contribution >= 0.6 is 15.9 Å². The normalized spacial score (nSPS) is 12.9. The van der Waals surface area contributed by atoms with Crippen LogP contribution in [0.4, 0.5) is 8.78 Å². The maximum atomic E-state index is 12.5. The van der Waals surface area contributed by atoms with Gasteiger partial charge < -0.3 is 5.11 Å². The van der Waals surface area contributed by atoms with Crippen molar-refractivity contribution < 1.29 is 13.9 Å². The van der Waals surface area contributed by atoms with Gasteiger partial charge in [-0.1, -0.05) is 24.3 Å². The van der Waals surface area contributed by atoms with E-state index in [4.69, 9.17) is 0 Å². The quantitative estimate of drug-likeness (QED) is 0.870. The van der Waals surface area contributed by atoms with Crippen molar-refractivity contribution in [2.75, 3.05) is 0 Å². The van der Waals surface area contributed by atoms with Crippen molar-refractivity contribution in [3.8, 4) is 0 Å². The summed E-state index contributed by atoms with van der Waals surface area (Å²) in [7, 11) is 0. The van der Waals surface area contributed by atoms with Gasteiger partial charge in [-0.05, 0) is 35.3 Å². The molecule has 0 aliphatic rings. The third-order valence-corrected chi connectivity index (χ3v) is 4.44. The molecule has 0 aliphatic carbocycles. The van der Waals surface area contributed by atoms with Gasteiger partial charge in [-0.15, -0.1) is 0 Å². The first-order valence-corrected chi connectivity index (χ1v) is 7.51. The van der Waals surface area contributed by atoms with E-state index in [1.165, 1.54) is 12.1 Å². The van der Waals surface area contributed by atoms with Gasteiger partial charge in [0.25, 0.3) is 6.43 Å². The number of hydrogen-bond donors (Lipinski definition) is 1. The Hall–Kier alpha value is -1.27. The second-order valence-electron chi connectivity index (χ2n) is 4.85. The molecule has 1 N–H and O–H groups in total. The van der Waals surface area contributed by atoms with E-state index in [1.54, 1.807) is 12.1 Å². The largest absolute Gasteiger partial charge is 0.388 e. The number of aliphatic hydroxyl groups is 1. The zero-order valence-electron chi connectivity index (χ0n) is 11.9. The van der Waals surface area contributed by atoms with E-state index in [-0.39, 0.29) is 5.56 Å². The second kappa shape index (κ2) is 6.66. The Morgan fingerprint density at radius 1 is 1.24 bits per heavy atom. The highest BCUT2D eigenvalue weighted by atomic mass is 79.9. The van der Waals surface area contributed by atoms with Crippen LogP contribution in [0, 0.1) is 6.92 Å². The van der Waals surface area contributed by atoms with Crippen LogP contribution in [0.1, 0.15) is 42.0 Å². The molecule has 2 aromatic rings. The number of rotatable bonds is 5. The first-order valence-electron chi connectivity index (χ1n) is 6.71. The standard InChI is InChI=1S/C15H17BrF2N2O/c1-3-20-12(14(16)9(2)19-20)8-13(21)10-4-6-11(7-5-10)15(17)18/h4-7,13,15,21H,3,8H2,1-2H3. The smallest absolute Gasteiger partial charge is 0.263 e. The topological polar surface area (TPSA) is 38.0 Å². The third-order valence-electron chi connectivity index (χ3n) is 3.41. The van der Waals surface area contributed by atoms with E-state index in [9.17, 15) is 13.9 Å². The van der Waals surface area contributed by atoms with Crippen LogP contribution in [0.3, 0.4) is 0 Å². The average molecular weight is 359 g/mol. The summed E-state index contributed by atoms with van der Waals surface area (Å²) in [6.45, 7) is 4.58. The first-order chi connectivity index (χ1) is 9.93. The minimum atomic E-state index is -2.49. The van der Waals surface area contributed by atoms with Crippen molar-refractivity contribution in [1.82, 2.24) is 9.78 Å². The molecule has 1 atom stereocenters. The fourth-order valence-corrected chi connectivity index (χ4v) is 2.67. The average Bonchev–Trinajstić information content (AvgIpc) is 2.75. The summed E-state index contributed by atoms with van der Waals surface area (Å²) in [4.78, 5) is 0. The molecule has 1 unspecified atom stereocenters. The fourth-order valence-electron chi connectivity index (χ4n) is 2.23. The Balaban J connectivity index is 2.19. The molecule has 0 amide bonds. The zero-order valence-corrected chi connectivity index (χ0v) is 13.4. The highest BCUT2D eigenvalue weighted by Crippen LogP contribution is 2.27. The zero-order chi connectivity index (χ0) is 15.6. The van der Waals surface area contributed by atoms with Crippen LogP contribution in [-0.4, -0.2) is 14.9 Å². The minimum absolute atomic E-state index is 0.0402. The summed E-state index contributed by atoms with van der Waals surface area (Å²) >= 11 is 3.48. The lowest BCUT2D eigenvalue weighted by Crippen LogP contribution is -2.09. The molecular formula is C15H17BrF2N2O. The maximum absolute atomic E-state index is 12.5. The van der Waals surface area contributed by atoms with Crippen molar-refractivity contribution in [2.45, 2.75) is 39.3 Å². The van der Waals surface area contributed by atoms with Crippen LogP contribution in [0.5, 0.6) is 0 Å². The van der Waals surface area contributed by atoms with Gasteiger partial charge in [0.1, 0.15) is 0 Å². The molecule has 1 heterocycles. The Bertz CT molecular complexity index is 611. The summed E-state index contributed by atoms with van der Waals surface area (Å²) < 4.78 is 27.8. The number of aryl methyl sites for hydroxylation is 2. The third kappa shape index (κ3) is 3.49. The van der Waals surface area contributed by atoms with Gasteiger partial charge in [-0.3, -0.25) is 4.68 Å². The molecule has 1 aromatic heterocycles. The van der Waals surface area contributed by atoms with Crippen LogP contribution in [0.2, 0.25) is 0 Å². The molecule has 3 nitrogen and oxygen atoms in total. The van der Waals surface area contributed by atoms with Gasteiger partial charge in [0, 0.05) is 18.5 Å². The highest BCUT2D eigenvalue weighted by Gasteiger charge is 2.17. The lowest BCUT2D eigenvalue weighted by atomic mass is 10.0. The molecular weight excluding hydrogens is 342 g/mol. The van der Waals surface area contributed by atoms with E-state index in [0.29, 0.717) is 18.5 Å². The summed E-state index contributed by atoms with van der Waals surface area (Å²) in [6.07, 6.45) is -2.87. The van der Waals surface area contributed by atoms with Crippen LogP contribution < -0.4 is 0 Å². The summed E-state index contributed by atoms with van der Waals surface area (Å²) in [5.74, 6) is 0. The fraction of sp³-hybridized carbons (Fsp3) is 0.400. The highest BCUT2D eigenvalue weighted by molar-refractivity contribution is 9.10. The molecule has 0 aliphatic heterocycles. The van der Waals surface area contributed by atoms with Crippen LogP contribution in [0.25, 0.3) is 0 Å². The van der Waals surface area contributed by atoms with Gasteiger partial charge in [-0.2, -0.15) is 5.10 Å². The van der Waals surface area contributed by atoms with Crippen molar-refractivity contribution in [3.63, 3.8) is 0 Å². The number of halogens is 3. The second-order valence-corrected chi connectivity index (χ2v) is 5.64. The van der Waals surface area contributed by atoms with Gasteiger partial charge in [0.2, 0.25) is 0 Å². The summed E-state index contributed by atoms with van der Waals surface area (Å²) in [6, 6.07) is 5.78. The maximum Gasteiger partial charge on any atom is 0.263 e. The van der Waals surface area contributed by atoms with Gasteiger partial charge in [0.15, 0.2) is 0 Å². The van der Waals surface area contributed by atoms with Crippen molar-refractivity contribution >= 4 is 15.9 Å². The van der Waals surface area contributed by atoms with E-state index < -0.39 is 12.5 Å². The minimum Gasteiger partial charge on any atom is -0.388 e. The van der Waals surface area contributed by atoms with Gasteiger partial charge >= 0.3 is 0 Å². The number of aliphatic hydroxyl groups excluding tert-OH is 1. The van der Waals surface area contributed by atoms with E-state index in [1.807, 2.05) is 18.5 Å². The number of aromatic nitrogens is 2. The van der Waals surface area contributed by atoms with Crippen LogP contribution in [-0.2, 0) is 13.0 Å². The molecule has 1 aromatic carbocycles. The van der Waals surface area contributed by atoms with Gasteiger partial charge in [-0.25, -0.2) is 8.78 Å². The number of benzene rings is 1. The number of nitrogens with zero attached hydrogens (tertiary/aromatic N) is 2. The monoisotopic (exact) mass is 358 g/mol. The lowest BCUT2D eigenvalue weighted by Gasteiger charge is -2.13. The SMILES string of the molecule is CCn1nc(C)c(Br)c1CC(O)c1ccc(C(F)F)cc1. The predicted octanol–water partition coefficient (Wildman–Crippen LogP) is 4.19. The number of hydrogen-bond acceptors (Lipinski definition) is 2.